The number of piperidine rings is 1. The van der Waals surface area contributed by atoms with Crippen molar-refractivity contribution in [2.24, 2.45) is 10.8 Å². The molecule has 5 nitrogen and oxygen atoms in total. The highest BCUT2D eigenvalue weighted by molar-refractivity contribution is 5.68. The summed E-state index contributed by atoms with van der Waals surface area (Å²) in [6.07, 6.45) is 5.26. The zero-order valence-corrected chi connectivity index (χ0v) is 17.0. The summed E-state index contributed by atoms with van der Waals surface area (Å²) < 4.78 is 5.48. The van der Waals surface area contributed by atoms with Gasteiger partial charge in [-0.3, -0.25) is 0 Å². The maximum Gasteiger partial charge on any atom is 0.410 e. The molecule has 1 amide bonds. The van der Waals surface area contributed by atoms with E-state index in [1.54, 1.807) is 0 Å². The highest BCUT2D eigenvalue weighted by Gasteiger charge is 2.47. The van der Waals surface area contributed by atoms with Crippen LogP contribution in [-0.4, -0.2) is 53.5 Å². The van der Waals surface area contributed by atoms with Gasteiger partial charge in [0.1, 0.15) is 5.60 Å². The third kappa shape index (κ3) is 6.14. The largest absolute Gasteiger partial charge is 0.444 e. The summed E-state index contributed by atoms with van der Waals surface area (Å²) in [5, 5.41) is 13.3. The summed E-state index contributed by atoms with van der Waals surface area (Å²) in [7, 11) is 0. The molecule has 2 N–H and O–H groups in total. The molecular formula is C20H38N2O3. The van der Waals surface area contributed by atoms with Gasteiger partial charge in [-0.05, 0) is 63.7 Å². The van der Waals surface area contributed by atoms with Crippen LogP contribution in [0.3, 0.4) is 0 Å². The molecule has 1 spiro atoms. The van der Waals surface area contributed by atoms with Gasteiger partial charge in [0.05, 0.1) is 6.61 Å². The van der Waals surface area contributed by atoms with Gasteiger partial charge in [-0.2, -0.15) is 0 Å². The molecule has 1 heterocycles. The average molecular weight is 355 g/mol. The molecule has 1 aliphatic carbocycles. The average Bonchev–Trinajstić information content (AvgIpc) is 2.42. The first kappa shape index (κ1) is 20.5. The molecular weight excluding hydrogens is 316 g/mol. The molecule has 146 valence electrons. The van der Waals surface area contributed by atoms with Crippen LogP contribution < -0.4 is 5.32 Å². The highest BCUT2D eigenvalue weighted by Crippen LogP contribution is 2.49. The number of rotatable bonds is 4. The summed E-state index contributed by atoms with van der Waals surface area (Å²) in [5.41, 5.74) is 0.183. The van der Waals surface area contributed by atoms with Crippen molar-refractivity contribution in [3.63, 3.8) is 0 Å². The fourth-order valence-electron chi connectivity index (χ4n) is 4.25. The first-order valence-electron chi connectivity index (χ1n) is 9.76. The Morgan fingerprint density at radius 1 is 1.20 bits per heavy atom. The third-order valence-corrected chi connectivity index (χ3v) is 5.39. The number of likely N-dealkylation sites (tertiary alicyclic amines) is 1. The molecule has 1 saturated carbocycles. The quantitative estimate of drug-likeness (QED) is 0.810. The van der Waals surface area contributed by atoms with Crippen LogP contribution in [-0.2, 0) is 4.74 Å². The molecule has 0 bridgehead atoms. The minimum atomic E-state index is -0.427. The standard InChI is InChI=1S/C20H38N2O3/c1-18(2,3)11-16(14-23)21-15-12-20(13-15)7-9-22(10-8-20)17(24)25-19(4,5)6/h15-16,21,23H,7-14H2,1-6H3/t16-/m1/s1. The molecule has 1 aliphatic heterocycles. The Bertz CT molecular complexity index is 449. The number of aliphatic hydroxyl groups is 1. The molecule has 0 unspecified atom stereocenters. The molecule has 0 aromatic rings. The molecule has 0 radical (unpaired) electrons. The second-order valence-electron chi connectivity index (χ2n) is 10.4. The van der Waals surface area contributed by atoms with E-state index < -0.39 is 5.60 Å². The minimum Gasteiger partial charge on any atom is -0.444 e. The SMILES string of the molecule is CC(C)(C)C[C@H](CO)NC1CC2(CCN(C(=O)OC(C)(C)C)CC2)C1. The van der Waals surface area contributed by atoms with Gasteiger partial charge in [-0.25, -0.2) is 4.79 Å². The van der Waals surface area contributed by atoms with Crippen molar-refractivity contribution in [1.82, 2.24) is 10.2 Å². The third-order valence-electron chi connectivity index (χ3n) is 5.39. The second kappa shape index (κ2) is 7.43. The van der Waals surface area contributed by atoms with Crippen molar-refractivity contribution < 1.29 is 14.6 Å². The summed E-state index contributed by atoms with van der Waals surface area (Å²) in [4.78, 5) is 14.0. The van der Waals surface area contributed by atoms with Crippen LogP contribution in [0.25, 0.3) is 0 Å². The van der Waals surface area contributed by atoms with Crippen molar-refractivity contribution in [2.75, 3.05) is 19.7 Å². The lowest BCUT2D eigenvalue weighted by Crippen LogP contribution is -2.57. The van der Waals surface area contributed by atoms with E-state index >= 15 is 0 Å². The Balaban J connectivity index is 1.74. The van der Waals surface area contributed by atoms with Crippen LogP contribution in [0.15, 0.2) is 0 Å². The Hall–Kier alpha value is -0.810. The van der Waals surface area contributed by atoms with Crippen LogP contribution in [0.4, 0.5) is 4.79 Å². The van der Waals surface area contributed by atoms with Gasteiger partial charge in [-0.1, -0.05) is 20.8 Å². The van der Waals surface area contributed by atoms with Crippen molar-refractivity contribution in [3.05, 3.63) is 0 Å². The lowest BCUT2D eigenvalue weighted by molar-refractivity contribution is -0.0199. The molecule has 2 aliphatic rings. The van der Waals surface area contributed by atoms with Gasteiger partial charge < -0.3 is 20.1 Å². The topological polar surface area (TPSA) is 61.8 Å². The number of nitrogens with one attached hydrogen (secondary N) is 1. The summed E-state index contributed by atoms with van der Waals surface area (Å²) >= 11 is 0. The number of nitrogens with zero attached hydrogens (tertiary/aromatic N) is 1. The van der Waals surface area contributed by atoms with E-state index in [0.717, 1.165) is 45.2 Å². The number of carbonyl (C=O) groups is 1. The highest BCUT2D eigenvalue weighted by atomic mass is 16.6. The molecule has 25 heavy (non-hydrogen) atoms. The first-order chi connectivity index (χ1) is 11.4. The van der Waals surface area contributed by atoms with Gasteiger partial charge in [0.2, 0.25) is 0 Å². The van der Waals surface area contributed by atoms with Crippen molar-refractivity contribution in [1.29, 1.82) is 0 Å². The van der Waals surface area contributed by atoms with Crippen LogP contribution in [0.5, 0.6) is 0 Å². The molecule has 1 atom stereocenters. The number of aliphatic hydroxyl groups excluding tert-OH is 1. The monoisotopic (exact) mass is 354 g/mol. The van der Waals surface area contributed by atoms with Gasteiger partial charge >= 0.3 is 6.09 Å². The Morgan fingerprint density at radius 2 is 1.76 bits per heavy atom. The zero-order valence-electron chi connectivity index (χ0n) is 17.0. The summed E-state index contributed by atoms with van der Waals surface area (Å²) in [6, 6.07) is 0.691. The van der Waals surface area contributed by atoms with E-state index in [0.29, 0.717) is 11.5 Å². The van der Waals surface area contributed by atoms with E-state index in [4.69, 9.17) is 4.74 Å². The maximum absolute atomic E-state index is 12.2. The van der Waals surface area contributed by atoms with E-state index in [2.05, 4.69) is 26.1 Å². The summed E-state index contributed by atoms with van der Waals surface area (Å²) in [5.74, 6) is 0. The van der Waals surface area contributed by atoms with Crippen molar-refractivity contribution in [2.45, 2.75) is 91.3 Å². The number of hydrogen-bond donors (Lipinski definition) is 2. The van der Waals surface area contributed by atoms with Crippen LogP contribution >= 0.6 is 0 Å². The van der Waals surface area contributed by atoms with Gasteiger partial charge in [0, 0.05) is 25.2 Å². The predicted octanol–water partition coefficient (Wildman–Crippen LogP) is 3.55. The van der Waals surface area contributed by atoms with E-state index in [1.165, 1.54) is 0 Å². The number of amides is 1. The summed E-state index contributed by atoms with van der Waals surface area (Å²) in [6.45, 7) is 14.2. The van der Waals surface area contributed by atoms with Gasteiger partial charge in [0.15, 0.2) is 0 Å². The molecule has 2 fully saturated rings. The minimum absolute atomic E-state index is 0.179. The van der Waals surface area contributed by atoms with Crippen LogP contribution in [0.2, 0.25) is 0 Å². The van der Waals surface area contributed by atoms with Gasteiger partial charge in [-0.15, -0.1) is 0 Å². The normalized spacial score (nSPS) is 22.6. The van der Waals surface area contributed by atoms with E-state index in [-0.39, 0.29) is 24.2 Å². The smallest absolute Gasteiger partial charge is 0.410 e. The van der Waals surface area contributed by atoms with Crippen LogP contribution in [0, 0.1) is 10.8 Å². The fraction of sp³-hybridized carbons (Fsp3) is 0.950. The van der Waals surface area contributed by atoms with Gasteiger partial charge in [0.25, 0.3) is 0 Å². The van der Waals surface area contributed by atoms with E-state index in [9.17, 15) is 9.90 Å². The second-order valence-corrected chi connectivity index (χ2v) is 10.4. The molecule has 0 aromatic carbocycles. The van der Waals surface area contributed by atoms with E-state index in [1.807, 2.05) is 25.7 Å². The van der Waals surface area contributed by atoms with Crippen LogP contribution in [0.1, 0.15) is 73.6 Å². The first-order valence-corrected chi connectivity index (χ1v) is 9.76. The predicted molar refractivity (Wildman–Crippen MR) is 101 cm³/mol. The molecule has 2 rings (SSSR count). The van der Waals surface area contributed by atoms with Crippen molar-refractivity contribution in [3.8, 4) is 0 Å². The van der Waals surface area contributed by atoms with Crippen molar-refractivity contribution >= 4 is 6.09 Å². The number of hydrogen-bond acceptors (Lipinski definition) is 4. The number of ether oxygens (including phenoxy) is 1. The number of carbonyl (C=O) groups excluding carboxylic acids is 1. The Morgan fingerprint density at radius 3 is 2.20 bits per heavy atom. The molecule has 0 aromatic heterocycles. The molecule has 1 saturated heterocycles. The Kier molecular flexibility index (Phi) is 6.10. The molecule has 5 heteroatoms. The maximum atomic E-state index is 12.2. The fourth-order valence-corrected chi connectivity index (χ4v) is 4.25. The zero-order chi connectivity index (χ0) is 18.9. The lowest BCUT2D eigenvalue weighted by Gasteiger charge is -2.53. The lowest BCUT2D eigenvalue weighted by atomic mass is 9.60. The Labute approximate surface area is 153 Å².